The monoisotopic (exact) mass is 269 g/mol. The van der Waals surface area contributed by atoms with Crippen molar-refractivity contribution in [2.75, 3.05) is 0 Å². The van der Waals surface area contributed by atoms with Crippen molar-refractivity contribution in [3.05, 3.63) is 59.7 Å². The van der Waals surface area contributed by atoms with Crippen LogP contribution in [0, 0.1) is 0 Å². The largest absolute Gasteiger partial charge is 0.344 e. The summed E-state index contributed by atoms with van der Waals surface area (Å²) in [5.74, 6) is -0.205. The average Bonchev–Trinajstić information content (AvgIpc) is 2.49. The van der Waals surface area contributed by atoms with Crippen LogP contribution in [0.3, 0.4) is 0 Å². The van der Waals surface area contributed by atoms with Gasteiger partial charge >= 0.3 is 0 Å². The number of benzene rings is 1. The summed E-state index contributed by atoms with van der Waals surface area (Å²) in [7, 11) is 0. The second kappa shape index (κ2) is 6.80. The third-order valence-electron chi connectivity index (χ3n) is 3.16. The van der Waals surface area contributed by atoms with Crippen molar-refractivity contribution in [3.63, 3.8) is 0 Å². The van der Waals surface area contributed by atoms with Crippen molar-refractivity contribution in [3.8, 4) is 0 Å². The standard InChI is InChI=1S/C16H19N3O/c1-3-4-13-5-7-14(8-6-13)12(2)19-16(20)15-11-17-9-10-18-15/h5-12H,3-4H2,1-2H3,(H,19,20)/t12-/m0/s1. The van der Waals surface area contributed by atoms with Gasteiger partial charge in [-0.2, -0.15) is 0 Å². The highest BCUT2D eigenvalue weighted by Gasteiger charge is 2.12. The van der Waals surface area contributed by atoms with E-state index in [1.54, 1.807) is 6.20 Å². The van der Waals surface area contributed by atoms with E-state index >= 15 is 0 Å². The zero-order chi connectivity index (χ0) is 14.4. The van der Waals surface area contributed by atoms with Gasteiger partial charge in [-0.05, 0) is 24.5 Å². The van der Waals surface area contributed by atoms with Crippen molar-refractivity contribution in [2.45, 2.75) is 32.7 Å². The fourth-order valence-electron chi connectivity index (χ4n) is 2.03. The Kier molecular flexibility index (Phi) is 4.82. The van der Waals surface area contributed by atoms with Crippen LogP contribution in [-0.2, 0) is 6.42 Å². The Morgan fingerprint density at radius 2 is 2.00 bits per heavy atom. The van der Waals surface area contributed by atoms with Gasteiger partial charge in [0.1, 0.15) is 5.69 Å². The van der Waals surface area contributed by atoms with Gasteiger partial charge in [0.05, 0.1) is 12.2 Å². The third-order valence-corrected chi connectivity index (χ3v) is 3.16. The van der Waals surface area contributed by atoms with E-state index in [2.05, 4.69) is 46.5 Å². The number of nitrogens with one attached hydrogen (secondary N) is 1. The third kappa shape index (κ3) is 3.63. The van der Waals surface area contributed by atoms with Gasteiger partial charge in [0.25, 0.3) is 5.91 Å². The van der Waals surface area contributed by atoms with Crippen LogP contribution in [0.4, 0.5) is 0 Å². The van der Waals surface area contributed by atoms with Crippen LogP contribution >= 0.6 is 0 Å². The van der Waals surface area contributed by atoms with Crippen molar-refractivity contribution in [1.82, 2.24) is 15.3 Å². The first-order chi connectivity index (χ1) is 9.70. The molecule has 0 saturated heterocycles. The molecule has 0 spiro atoms. The van der Waals surface area contributed by atoms with Gasteiger partial charge in [-0.3, -0.25) is 9.78 Å². The smallest absolute Gasteiger partial charge is 0.271 e. The van der Waals surface area contributed by atoms with Gasteiger partial charge in [0.2, 0.25) is 0 Å². The lowest BCUT2D eigenvalue weighted by Gasteiger charge is -2.14. The van der Waals surface area contributed by atoms with E-state index in [1.165, 1.54) is 18.0 Å². The molecule has 1 amide bonds. The summed E-state index contributed by atoms with van der Waals surface area (Å²) in [6.45, 7) is 4.13. The summed E-state index contributed by atoms with van der Waals surface area (Å²) >= 11 is 0. The lowest BCUT2D eigenvalue weighted by molar-refractivity contribution is 0.0934. The first kappa shape index (κ1) is 14.2. The molecule has 4 heteroatoms. The van der Waals surface area contributed by atoms with Crippen LogP contribution in [-0.4, -0.2) is 15.9 Å². The number of aromatic nitrogens is 2. The maximum atomic E-state index is 12.0. The van der Waals surface area contributed by atoms with Gasteiger partial charge in [-0.25, -0.2) is 4.98 Å². The number of rotatable bonds is 5. The van der Waals surface area contributed by atoms with Gasteiger partial charge in [0.15, 0.2) is 0 Å². The SMILES string of the molecule is CCCc1ccc([C@H](C)NC(=O)c2cnccn2)cc1. The van der Waals surface area contributed by atoms with E-state index in [0.29, 0.717) is 5.69 Å². The Labute approximate surface area is 119 Å². The number of amides is 1. The van der Waals surface area contributed by atoms with Crippen molar-refractivity contribution < 1.29 is 4.79 Å². The lowest BCUT2D eigenvalue weighted by Crippen LogP contribution is -2.27. The number of hydrogen-bond donors (Lipinski definition) is 1. The highest BCUT2D eigenvalue weighted by Crippen LogP contribution is 2.14. The fraction of sp³-hybridized carbons (Fsp3) is 0.312. The Hall–Kier alpha value is -2.23. The zero-order valence-corrected chi connectivity index (χ0v) is 11.8. The summed E-state index contributed by atoms with van der Waals surface area (Å²) < 4.78 is 0. The molecule has 2 aromatic rings. The zero-order valence-electron chi connectivity index (χ0n) is 11.8. The molecule has 1 heterocycles. The quantitative estimate of drug-likeness (QED) is 0.908. The van der Waals surface area contributed by atoms with Gasteiger partial charge in [-0.15, -0.1) is 0 Å². The summed E-state index contributed by atoms with van der Waals surface area (Å²) in [6, 6.07) is 8.30. The average molecular weight is 269 g/mol. The molecule has 4 nitrogen and oxygen atoms in total. The fourth-order valence-corrected chi connectivity index (χ4v) is 2.03. The Bertz CT molecular complexity index is 552. The van der Waals surface area contributed by atoms with Crippen LogP contribution in [0.1, 0.15) is 47.9 Å². The molecule has 1 atom stereocenters. The normalized spacial score (nSPS) is 11.9. The van der Waals surface area contributed by atoms with Crippen LogP contribution < -0.4 is 5.32 Å². The van der Waals surface area contributed by atoms with E-state index in [4.69, 9.17) is 0 Å². The Morgan fingerprint density at radius 3 is 2.60 bits per heavy atom. The molecule has 0 saturated carbocycles. The molecule has 1 aromatic carbocycles. The predicted octanol–water partition coefficient (Wildman–Crippen LogP) is 2.92. The number of nitrogens with zero attached hydrogens (tertiary/aromatic N) is 2. The Morgan fingerprint density at radius 1 is 1.25 bits per heavy atom. The van der Waals surface area contributed by atoms with E-state index in [9.17, 15) is 4.79 Å². The molecule has 20 heavy (non-hydrogen) atoms. The van der Waals surface area contributed by atoms with E-state index < -0.39 is 0 Å². The minimum absolute atomic E-state index is 0.0554. The molecule has 0 aliphatic rings. The van der Waals surface area contributed by atoms with E-state index in [-0.39, 0.29) is 11.9 Å². The second-order valence-corrected chi connectivity index (χ2v) is 4.78. The van der Waals surface area contributed by atoms with E-state index in [1.807, 2.05) is 6.92 Å². The molecule has 0 aliphatic carbocycles. The summed E-state index contributed by atoms with van der Waals surface area (Å²) in [5.41, 5.74) is 2.74. The lowest BCUT2D eigenvalue weighted by atomic mass is 10.0. The second-order valence-electron chi connectivity index (χ2n) is 4.78. The molecule has 0 aliphatic heterocycles. The van der Waals surface area contributed by atoms with Gasteiger partial charge in [0, 0.05) is 12.4 Å². The first-order valence-electron chi connectivity index (χ1n) is 6.86. The topological polar surface area (TPSA) is 54.9 Å². The molecule has 0 unspecified atom stereocenters. The molecule has 2 rings (SSSR count). The molecule has 0 fully saturated rings. The molecular weight excluding hydrogens is 250 g/mol. The molecule has 0 bridgehead atoms. The Balaban J connectivity index is 2.01. The first-order valence-corrected chi connectivity index (χ1v) is 6.86. The number of carbonyl (C=O) groups is 1. The molecule has 1 aromatic heterocycles. The van der Waals surface area contributed by atoms with Crippen LogP contribution in [0.15, 0.2) is 42.9 Å². The number of carbonyl (C=O) groups excluding carboxylic acids is 1. The summed E-state index contributed by atoms with van der Waals surface area (Å²) in [6.07, 6.45) is 6.75. The van der Waals surface area contributed by atoms with Crippen LogP contribution in [0.5, 0.6) is 0 Å². The van der Waals surface area contributed by atoms with Gasteiger partial charge < -0.3 is 5.32 Å². The minimum atomic E-state index is -0.205. The van der Waals surface area contributed by atoms with Crippen molar-refractivity contribution in [2.24, 2.45) is 0 Å². The predicted molar refractivity (Wildman–Crippen MR) is 78.4 cm³/mol. The highest BCUT2D eigenvalue weighted by molar-refractivity contribution is 5.92. The van der Waals surface area contributed by atoms with E-state index in [0.717, 1.165) is 18.4 Å². The number of hydrogen-bond acceptors (Lipinski definition) is 3. The molecular formula is C16H19N3O. The molecule has 104 valence electrons. The van der Waals surface area contributed by atoms with Crippen molar-refractivity contribution in [1.29, 1.82) is 0 Å². The highest BCUT2D eigenvalue weighted by atomic mass is 16.1. The van der Waals surface area contributed by atoms with Gasteiger partial charge in [-0.1, -0.05) is 37.6 Å². The summed E-state index contributed by atoms with van der Waals surface area (Å²) in [5, 5.41) is 2.92. The molecule has 0 radical (unpaired) electrons. The molecule has 1 N–H and O–H groups in total. The minimum Gasteiger partial charge on any atom is -0.344 e. The van der Waals surface area contributed by atoms with Crippen molar-refractivity contribution >= 4 is 5.91 Å². The number of aryl methyl sites for hydroxylation is 1. The maximum Gasteiger partial charge on any atom is 0.271 e. The maximum absolute atomic E-state index is 12.0. The van der Waals surface area contributed by atoms with Crippen LogP contribution in [0.2, 0.25) is 0 Å². The summed E-state index contributed by atoms with van der Waals surface area (Å²) in [4.78, 5) is 19.9. The van der Waals surface area contributed by atoms with Crippen LogP contribution in [0.25, 0.3) is 0 Å².